The number of unbranched alkanes of at least 4 members (excludes halogenated alkanes) is 30. The first-order valence-corrected chi connectivity index (χ1v) is 35.3. The van der Waals surface area contributed by atoms with E-state index in [1.54, 1.807) is 27.7 Å². The smallest absolute Gasteiger partial charge is 0.333 e. The lowest BCUT2D eigenvalue weighted by Crippen LogP contribution is -2.23. The summed E-state index contributed by atoms with van der Waals surface area (Å²) in [5.41, 5.74) is 1.69. The van der Waals surface area contributed by atoms with Gasteiger partial charge < -0.3 is 28.8 Å². The summed E-state index contributed by atoms with van der Waals surface area (Å²) in [4.78, 5) is 65.2. The van der Waals surface area contributed by atoms with E-state index in [2.05, 4.69) is 81.0 Å². The minimum atomic E-state index is -0.935. The van der Waals surface area contributed by atoms with Crippen molar-refractivity contribution >= 4 is 35.8 Å². The maximum absolute atomic E-state index is 11.8. The second kappa shape index (κ2) is 72.3. The number of aliphatic carboxylic acids is 1. The zero-order valence-corrected chi connectivity index (χ0v) is 60.6. The molecular weight excluding hydrogens is 1120 g/mol. The molecule has 0 saturated heterocycles. The molecule has 0 bridgehead atoms. The highest BCUT2D eigenvalue weighted by atomic mass is 16.6. The fourth-order valence-corrected chi connectivity index (χ4v) is 8.27. The Hall–Kier alpha value is -4.74. The molecule has 0 fully saturated rings. The number of hydrogen-bond acceptors (Lipinski definition) is 11. The van der Waals surface area contributed by atoms with Crippen LogP contribution in [0.1, 0.15) is 347 Å². The van der Waals surface area contributed by atoms with Crippen molar-refractivity contribution < 1.29 is 57.6 Å². The summed E-state index contributed by atoms with van der Waals surface area (Å²) in [6, 6.07) is 0. The lowest BCUT2D eigenvalue weighted by atomic mass is 10.0. The molecule has 0 aromatic heterocycles. The highest BCUT2D eigenvalue weighted by Crippen LogP contribution is 2.19. The van der Waals surface area contributed by atoms with Gasteiger partial charge >= 0.3 is 35.8 Å². The number of hydrogen-bond donors (Lipinski definition) is 1. The average molecular weight is 1260 g/mol. The Kier molecular flexibility index (Phi) is 77.5. The van der Waals surface area contributed by atoms with Gasteiger partial charge in [-0.3, -0.25) is 0 Å². The Morgan fingerprint density at radius 2 is 0.674 bits per heavy atom. The molecular formula is C77H142O12. The standard InChI is InChI=1S/C22H42O2.C16H30O2.C15H28O2.C12H22O2.C8H14O2.C4H6O2/c1-5-7-9-11-12-13-15-17-19-21(24-22(23)20(3)4)18-16-14-10-8-6-2;1-4-5-6-7-8-9-10-11-12-13-14-18-16(17)15(2)3;1-3-5-6-7-8-9-10-11-12-13-14-17-15(16)4-2;1-5-7-8-11(6-2)9-14-12(13)10(3)4;1-6(2)7(9)10-8(3,4)5;1-3(2)4(5)6/h21H,3,5-19H2,1-2,4H3;2,4-14H2,1,3H3;4H,2-3,5-14H2,1H3;11H,3,5-9H2,1-2,4H3;1H2,2-5H3;1H2,2H3,(H,5,6). The monoisotopic (exact) mass is 1260 g/mol. The molecule has 2 unspecified atom stereocenters. The van der Waals surface area contributed by atoms with Crippen LogP contribution in [0.4, 0.5) is 0 Å². The number of ether oxygens (including phenoxy) is 5. The molecule has 1 N–H and O–H groups in total. The van der Waals surface area contributed by atoms with Crippen LogP contribution in [0.5, 0.6) is 0 Å². The van der Waals surface area contributed by atoms with Crippen LogP contribution < -0.4 is 0 Å². The van der Waals surface area contributed by atoms with Gasteiger partial charge in [0.25, 0.3) is 0 Å². The van der Waals surface area contributed by atoms with Crippen molar-refractivity contribution in [1.29, 1.82) is 0 Å². The number of rotatable bonds is 50. The minimum absolute atomic E-state index is 0.0934. The quantitative estimate of drug-likeness (QED) is 0.0265. The number of esters is 5. The van der Waals surface area contributed by atoms with E-state index in [1.807, 2.05) is 20.8 Å². The predicted molar refractivity (Wildman–Crippen MR) is 378 cm³/mol. The largest absolute Gasteiger partial charge is 0.478 e. The van der Waals surface area contributed by atoms with Crippen LogP contribution in [-0.2, 0) is 52.5 Å². The molecule has 0 heterocycles. The molecule has 0 aromatic rings. The van der Waals surface area contributed by atoms with E-state index >= 15 is 0 Å². The molecule has 12 heteroatoms. The molecule has 0 aliphatic rings. The SMILES string of the molecule is C=C(C)C(=O)O.C=C(C)C(=O)OC(C)(C)C.C=C(C)C(=O)OC(CCCCCCC)CCCCCCCCCC.C=C(C)C(=O)OCC(CC)CCCC.C=C(C)C(=O)OCCCCCCCCCCCC.C=CC(=O)OCCCCCCCCCCCC. The lowest BCUT2D eigenvalue weighted by molar-refractivity contribution is -0.150. The Bertz CT molecular complexity index is 1780. The fraction of sp³-hybridized carbons (Fsp3) is 0.766. The van der Waals surface area contributed by atoms with Crippen LogP contribution >= 0.6 is 0 Å². The third-order valence-electron chi connectivity index (χ3n) is 14.1. The van der Waals surface area contributed by atoms with Crippen molar-refractivity contribution in [3.63, 3.8) is 0 Å². The van der Waals surface area contributed by atoms with E-state index in [4.69, 9.17) is 28.8 Å². The maximum atomic E-state index is 11.8. The molecule has 89 heavy (non-hydrogen) atoms. The van der Waals surface area contributed by atoms with Crippen LogP contribution in [-0.4, -0.2) is 72.4 Å². The minimum Gasteiger partial charge on any atom is -0.478 e. The first kappa shape index (κ1) is 95.4. The van der Waals surface area contributed by atoms with Crippen molar-refractivity contribution in [3.05, 3.63) is 73.4 Å². The van der Waals surface area contributed by atoms with Gasteiger partial charge in [0, 0.05) is 33.9 Å². The summed E-state index contributed by atoms with van der Waals surface area (Å²) in [6.07, 6.45) is 50.8. The van der Waals surface area contributed by atoms with Crippen LogP contribution in [0.25, 0.3) is 0 Å². The lowest BCUT2D eigenvalue weighted by Gasteiger charge is -2.19. The van der Waals surface area contributed by atoms with Gasteiger partial charge in [-0.15, -0.1) is 0 Å². The van der Waals surface area contributed by atoms with E-state index in [9.17, 15) is 28.8 Å². The zero-order chi connectivity index (χ0) is 68.9. The summed E-state index contributed by atoms with van der Waals surface area (Å²) in [5, 5.41) is 7.89. The Labute approximate surface area is 549 Å². The predicted octanol–water partition coefficient (Wildman–Crippen LogP) is 22.9. The van der Waals surface area contributed by atoms with Gasteiger partial charge in [-0.1, -0.05) is 286 Å². The molecule has 0 saturated carbocycles. The van der Waals surface area contributed by atoms with Gasteiger partial charge in [0.15, 0.2) is 0 Å². The third-order valence-corrected chi connectivity index (χ3v) is 14.1. The molecule has 0 rings (SSSR count). The van der Waals surface area contributed by atoms with Gasteiger partial charge in [-0.05, 0) is 106 Å². The third kappa shape index (κ3) is 85.3. The summed E-state index contributed by atoms with van der Waals surface area (Å²) in [7, 11) is 0. The molecule has 0 radical (unpaired) electrons. The van der Waals surface area contributed by atoms with Crippen LogP contribution in [0.3, 0.4) is 0 Å². The second-order valence-electron chi connectivity index (χ2n) is 25.1. The Balaban J connectivity index is -0.000000241. The van der Waals surface area contributed by atoms with Crippen molar-refractivity contribution in [3.8, 4) is 0 Å². The average Bonchev–Trinajstić information content (AvgIpc) is 3.66. The molecule has 522 valence electrons. The van der Waals surface area contributed by atoms with Gasteiger partial charge in [0.2, 0.25) is 0 Å². The van der Waals surface area contributed by atoms with Crippen LogP contribution in [0, 0.1) is 5.92 Å². The highest BCUT2D eigenvalue weighted by Gasteiger charge is 2.17. The van der Waals surface area contributed by atoms with Crippen molar-refractivity contribution in [1.82, 2.24) is 0 Å². The van der Waals surface area contributed by atoms with Crippen molar-refractivity contribution in [2.24, 2.45) is 5.92 Å². The number of carboxylic acids is 1. The Morgan fingerprint density at radius 1 is 0.382 bits per heavy atom. The fourth-order valence-electron chi connectivity index (χ4n) is 8.27. The van der Waals surface area contributed by atoms with E-state index in [-0.39, 0.29) is 41.5 Å². The normalized spacial score (nSPS) is 10.9. The first-order valence-electron chi connectivity index (χ1n) is 35.3. The molecule has 0 amide bonds. The summed E-state index contributed by atoms with van der Waals surface area (Å²) in [5.74, 6) is -1.79. The highest BCUT2D eigenvalue weighted by molar-refractivity contribution is 5.88. The van der Waals surface area contributed by atoms with Gasteiger partial charge in [-0.2, -0.15) is 0 Å². The van der Waals surface area contributed by atoms with Gasteiger partial charge in [0.05, 0.1) is 19.8 Å². The van der Waals surface area contributed by atoms with Gasteiger partial charge in [-0.25, -0.2) is 28.8 Å². The molecule has 2 atom stereocenters. The molecule has 0 aliphatic heterocycles. The number of carbonyl (C=O) groups is 6. The topological polar surface area (TPSA) is 169 Å². The molecule has 0 aromatic carbocycles. The first-order chi connectivity index (χ1) is 42.2. The van der Waals surface area contributed by atoms with E-state index < -0.39 is 11.6 Å². The summed E-state index contributed by atoms with van der Waals surface area (Å²) in [6.45, 7) is 49.4. The molecule has 0 spiro atoms. The van der Waals surface area contributed by atoms with Crippen LogP contribution in [0.15, 0.2) is 73.4 Å². The summed E-state index contributed by atoms with van der Waals surface area (Å²) >= 11 is 0. The zero-order valence-electron chi connectivity index (χ0n) is 60.6. The van der Waals surface area contributed by atoms with Crippen LogP contribution in [0.2, 0.25) is 0 Å². The molecule has 0 aliphatic carbocycles. The molecule has 12 nitrogen and oxygen atoms in total. The number of carboxylic acid groups (broad SMARTS) is 1. The van der Waals surface area contributed by atoms with E-state index in [0.29, 0.717) is 48.0 Å². The maximum Gasteiger partial charge on any atom is 0.333 e. The number of carbonyl (C=O) groups excluding carboxylic acids is 5. The second-order valence-corrected chi connectivity index (χ2v) is 25.1. The van der Waals surface area contributed by atoms with Crippen molar-refractivity contribution in [2.45, 2.75) is 359 Å². The Morgan fingerprint density at radius 3 is 0.944 bits per heavy atom. The van der Waals surface area contributed by atoms with Crippen molar-refractivity contribution in [2.75, 3.05) is 19.8 Å². The van der Waals surface area contributed by atoms with E-state index in [1.165, 1.54) is 225 Å². The summed E-state index contributed by atoms with van der Waals surface area (Å²) < 4.78 is 25.7. The van der Waals surface area contributed by atoms with Gasteiger partial charge in [0.1, 0.15) is 11.7 Å². The van der Waals surface area contributed by atoms with E-state index in [0.717, 1.165) is 38.5 Å².